The van der Waals surface area contributed by atoms with Crippen molar-refractivity contribution in [2.24, 2.45) is 5.92 Å². The largest absolute Gasteiger partial charge is 0.314 e. The lowest BCUT2D eigenvalue weighted by molar-refractivity contribution is 0.367. The molecule has 1 atom stereocenters. The molecule has 0 radical (unpaired) electrons. The van der Waals surface area contributed by atoms with Crippen LogP contribution in [-0.4, -0.2) is 24.1 Å². The Balaban J connectivity index is 1.83. The number of rotatable bonds is 6. The van der Waals surface area contributed by atoms with Crippen molar-refractivity contribution in [3.8, 4) is 0 Å². The maximum Gasteiger partial charge on any atom is 0.0118 e. The summed E-state index contributed by atoms with van der Waals surface area (Å²) in [5.74, 6) is 3.71. The standard InChI is InChI=1S/C14H23NS2/c1-2-15-13(11-14-4-3-7-17-14)10-12-5-8-16-9-6-12/h3-4,7,12-13,15H,2,5-6,8-11H2,1H3. The van der Waals surface area contributed by atoms with E-state index in [2.05, 4.69) is 41.5 Å². The maximum absolute atomic E-state index is 3.67. The normalized spacial score (nSPS) is 19.4. The summed E-state index contributed by atoms with van der Waals surface area (Å²) in [5, 5.41) is 5.86. The van der Waals surface area contributed by atoms with Gasteiger partial charge in [-0.25, -0.2) is 0 Å². The maximum atomic E-state index is 3.67. The molecule has 0 aliphatic carbocycles. The van der Waals surface area contributed by atoms with Crippen LogP contribution < -0.4 is 5.32 Å². The molecule has 17 heavy (non-hydrogen) atoms. The van der Waals surface area contributed by atoms with Gasteiger partial charge in [0.15, 0.2) is 0 Å². The molecule has 0 bridgehead atoms. The van der Waals surface area contributed by atoms with E-state index in [1.165, 1.54) is 42.1 Å². The van der Waals surface area contributed by atoms with E-state index in [9.17, 15) is 0 Å². The molecule has 1 aliphatic heterocycles. The molecular weight excluding hydrogens is 246 g/mol. The zero-order valence-corrected chi connectivity index (χ0v) is 12.3. The molecule has 1 unspecified atom stereocenters. The molecule has 1 nitrogen and oxygen atoms in total. The zero-order chi connectivity index (χ0) is 11.9. The summed E-state index contributed by atoms with van der Waals surface area (Å²) in [4.78, 5) is 1.53. The van der Waals surface area contributed by atoms with E-state index in [1.807, 2.05) is 11.3 Å². The van der Waals surface area contributed by atoms with Crippen LogP contribution in [0.4, 0.5) is 0 Å². The van der Waals surface area contributed by atoms with Crippen LogP contribution in [-0.2, 0) is 6.42 Å². The van der Waals surface area contributed by atoms with Gasteiger partial charge in [0.25, 0.3) is 0 Å². The van der Waals surface area contributed by atoms with E-state index in [1.54, 1.807) is 0 Å². The monoisotopic (exact) mass is 269 g/mol. The second-order valence-corrected chi connectivity index (χ2v) is 7.09. The molecule has 3 heteroatoms. The Kier molecular flexibility index (Phi) is 5.89. The quantitative estimate of drug-likeness (QED) is 0.843. The van der Waals surface area contributed by atoms with E-state index in [0.29, 0.717) is 6.04 Å². The van der Waals surface area contributed by atoms with Gasteiger partial charge in [-0.1, -0.05) is 13.0 Å². The molecule has 1 fully saturated rings. The van der Waals surface area contributed by atoms with Crippen LogP contribution in [0.25, 0.3) is 0 Å². The Morgan fingerprint density at radius 3 is 2.88 bits per heavy atom. The van der Waals surface area contributed by atoms with Crippen molar-refractivity contribution >= 4 is 23.1 Å². The Labute approximate surface area is 113 Å². The molecule has 2 rings (SSSR count). The molecule has 1 aromatic heterocycles. The summed E-state index contributed by atoms with van der Waals surface area (Å²) >= 11 is 4.02. The summed E-state index contributed by atoms with van der Waals surface area (Å²) in [7, 11) is 0. The van der Waals surface area contributed by atoms with Crippen molar-refractivity contribution in [1.82, 2.24) is 5.32 Å². The highest BCUT2D eigenvalue weighted by Gasteiger charge is 2.19. The SMILES string of the molecule is CCNC(Cc1cccs1)CC1CCSCC1. The van der Waals surface area contributed by atoms with E-state index >= 15 is 0 Å². The van der Waals surface area contributed by atoms with Crippen LogP contribution in [0.15, 0.2) is 17.5 Å². The molecular formula is C14H23NS2. The Morgan fingerprint density at radius 1 is 1.41 bits per heavy atom. The number of hydrogen-bond acceptors (Lipinski definition) is 3. The molecule has 1 aliphatic rings. The minimum atomic E-state index is 0.687. The van der Waals surface area contributed by atoms with E-state index in [-0.39, 0.29) is 0 Å². The summed E-state index contributed by atoms with van der Waals surface area (Å²) < 4.78 is 0. The number of nitrogens with one attached hydrogen (secondary N) is 1. The van der Waals surface area contributed by atoms with Crippen molar-refractivity contribution in [1.29, 1.82) is 0 Å². The van der Waals surface area contributed by atoms with Crippen LogP contribution in [0.1, 0.15) is 31.1 Å². The van der Waals surface area contributed by atoms with Crippen molar-refractivity contribution < 1.29 is 0 Å². The van der Waals surface area contributed by atoms with Crippen LogP contribution in [0.5, 0.6) is 0 Å². The molecule has 96 valence electrons. The van der Waals surface area contributed by atoms with Crippen molar-refractivity contribution in [2.75, 3.05) is 18.1 Å². The fourth-order valence-corrected chi connectivity index (χ4v) is 4.57. The molecule has 0 aromatic carbocycles. The first-order valence-electron chi connectivity index (χ1n) is 6.72. The van der Waals surface area contributed by atoms with E-state index < -0.39 is 0 Å². The Hall–Kier alpha value is 0.01000. The second-order valence-electron chi connectivity index (χ2n) is 4.83. The minimum absolute atomic E-state index is 0.687. The van der Waals surface area contributed by atoms with Crippen LogP contribution >= 0.6 is 23.1 Å². The minimum Gasteiger partial charge on any atom is -0.314 e. The van der Waals surface area contributed by atoms with E-state index in [4.69, 9.17) is 0 Å². The molecule has 0 saturated carbocycles. The Morgan fingerprint density at radius 2 is 2.24 bits per heavy atom. The molecule has 1 saturated heterocycles. The fourth-order valence-electron chi connectivity index (χ4n) is 2.58. The molecule has 2 heterocycles. The third kappa shape index (κ3) is 4.65. The Bertz CT molecular complexity index is 291. The third-order valence-corrected chi connectivity index (χ3v) is 5.43. The lowest BCUT2D eigenvalue weighted by Crippen LogP contribution is -2.33. The lowest BCUT2D eigenvalue weighted by atomic mass is 9.92. The van der Waals surface area contributed by atoms with Gasteiger partial charge >= 0.3 is 0 Å². The third-order valence-electron chi connectivity index (χ3n) is 3.48. The highest BCUT2D eigenvalue weighted by Crippen LogP contribution is 2.27. The highest BCUT2D eigenvalue weighted by atomic mass is 32.2. The topological polar surface area (TPSA) is 12.0 Å². The predicted molar refractivity (Wildman–Crippen MR) is 80.2 cm³/mol. The summed E-state index contributed by atoms with van der Waals surface area (Å²) in [6, 6.07) is 5.12. The first kappa shape index (κ1) is 13.4. The molecule has 1 aromatic rings. The van der Waals surface area contributed by atoms with E-state index in [0.717, 1.165) is 12.5 Å². The lowest BCUT2D eigenvalue weighted by Gasteiger charge is -2.26. The number of thiophene rings is 1. The van der Waals surface area contributed by atoms with Gasteiger partial charge in [0.2, 0.25) is 0 Å². The predicted octanol–water partition coefficient (Wildman–Crippen LogP) is 3.80. The number of likely N-dealkylation sites (N-methyl/N-ethyl adjacent to an activating group) is 1. The second kappa shape index (κ2) is 7.45. The van der Waals surface area contributed by atoms with Gasteiger partial charge in [-0.3, -0.25) is 0 Å². The molecule has 1 N–H and O–H groups in total. The highest BCUT2D eigenvalue weighted by molar-refractivity contribution is 7.99. The average Bonchev–Trinajstić information content (AvgIpc) is 2.83. The van der Waals surface area contributed by atoms with Gasteiger partial charge in [-0.15, -0.1) is 11.3 Å². The summed E-state index contributed by atoms with van der Waals surface area (Å²) in [6.07, 6.45) is 5.44. The van der Waals surface area contributed by atoms with Crippen molar-refractivity contribution in [3.63, 3.8) is 0 Å². The van der Waals surface area contributed by atoms with Crippen molar-refractivity contribution in [3.05, 3.63) is 22.4 Å². The summed E-state index contributed by atoms with van der Waals surface area (Å²) in [5.41, 5.74) is 0. The summed E-state index contributed by atoms with van der Waals surface area (Å²) in [6.45, 7) is 3.32. The van der Waals surface area contributed by atoms with Gasteiger partial charge in [0.05, 0.1) is 0 Å². The first-order chi connectivity index (χ1) is 8.38. The van der Waals surface area contributed by atoms with Gasteiger partial charge in [0.1, 0.15) is 0 Å². The average molecular weight is 269 g/mol. The first-order valence-corrected chi connectivity index (χ1v) is 8.75. The van der Waals surface area contributed by atoms with Gasteiger partial charge < -0.3 is 5.32 Å². The zero-order valence-electron chi connectivity index (χ0n) is 10.7. The smallest absolute Gasteiger partial charge is 0.0118 e. The van der Waals surface area contributed by atoms with Crippen LogP contribution in [0.3, 0.4) is 0 Å². The molecule has 0 amide bonds. The number of hydrogen-bond donors (Lipinski definition) is 1. The van der Waals surface area contributed by atoms with Crippen LogP contribution in [0, 0.1) is 5.92 Å². The van der Waals surface area contributed by atoms with Gasteiger partial charge in [-0.05, 0) is 61.1 Å². The fraction of sp³-hybridized carbons (Fsp3) is 0.714. The van der Waals surface area contributed by atoms with Crippen molar-refractivity contribution in [2.45, 2.75) is 38.6 Å². The molecule has 0 spiro atoms. The van der Waals surface area contributed by atoms with Gasteiger partial charge in [0, 0.05) is 10.9 Å². The number of thioether (sulfide) groups is 1. The van der Waals surface area contributed by atoms with Gasteiger partial charge in [-0.2, -0.15) is 11.8 Å². The van der Waals surface area contributed by atoms with Crippen LogP contribution in [0.2, 0.25) is 0 Å².